The van der Waals surface area contributed by atoms with Crippen LogP contribution in [0, 0.1) is 25.5 Å². The van der Waals surface area contributed by atoms with Crippen LogP contribution in [0.2, 0.25) is 0 Å². The van der Waals surface area contributed by atoms with Crippen LogP contribution in [0.3, 0.4) is 0 Å². The maximum atomic E-state index is 14.1. The molecule has 0 heterocycles. The molecule has 180 valence electrons. The Hall–Kier alpha value is -1.41. The van der Waals surface area contributed by atoms with Crippen LogP contribution < -0.4 is 9.47 Å². The van der Waals surface area contributed by atoms with Gasteiger partial charge in [-0.25, -0.2) is 18.4 Å². The summed E-state index contributed by atoms with van der Waals surface area (Å²) in [5.74, 6) is -1.47. The molecular formula is C20H22F2N2O4S5. The summed E-state index contributed by atoms with van der Waals surface area (Å²) in [6.07, 6.45) is -1.32. The van der Waals surface area contributed by atoms with Crippen molar-refractivity contribution in [2.24, 2.45) is 0 Å². The van der Waals surface area contributed by atoms with E-state index in [-0.39, 0.29) is 11.5 Å². The van der Waals surface area contributed by atoms with Crippen molar-refractivity contribution in [2.75, 3.05) is 28.2 Å². The highest BCUT2D eigenvalue weighted by Crippen LogP contribution is 2.54. The summed E-state index contributed by atoms with van der Waals surface area (Å²) < 4.78 is 38.4. The first-order valence-corrected chi connectivity index (χ1v) is 15.4. The van der Waals surface area contributed by atoms with Gasteiger partial charge in [0.25, 0.3) is 0 Å². The highest BCUT2D eigenvalue weighted by atomic mass is 33.8. The van der Waals surface area contributed by atoms with Gasteiger partial charge in [0.2, 0.25) is 0 Å². The van der Waals surface area contributed by atoms with E-state index >= 15 is 0 Å². The summed E-state index contributed by atoms with van der Waals surface area (Å²) in [6.45, 7) is 3.54. The van der Waals surface area contributed by atoms with Crippen molar-refractivity contribution in [1.82, 2.24) is 9.80 Å². The lowest BCUT2D eigenvalue weighted by Crippen LogP contribution is -2.25. The second-order valence-corrected chi connectivity index (χ2v) is 14.5. The zero-order valence-electron chi connectivity index (χ0n) is 18.6. The fourth-order valence-electron chi connectivity index (χ4n) is 2.09. The van der Waals surface area contributed by atoms with Crippen LogP contribution in [0.25, 0.3) is 0 Å². The predicted octanol–water partition coefficient (Wildman–Crippen LogP) is 7.45. The monoisotopic (exact) mass is 552 g/mol. The van der Waals surface area contributed by atoms with Crippen molar-refractivity contribution < 1.29 is 27.8 Å². The standard InChI is InChI=1S/C20H22F2N2O4S5/c1-11-7-13(21)15(27-19(25)23(3)4)9-17(11)29-31-33-32-30-18-10-16(14(22)8-12(18)2)28-20(26)24(5)6/h7-10H,1-6H3. The Balaban J connectivity index is 1.94. The Morgan fingerprint density at radius 3 is 1.39 bits per heavy atom. The molecular weight excluding hydrogens is 531 g/mol. The fraction of sp³-hybridized carbons (Fsp3) is 0.300. The van der Waals surface area contributed by atoms with Crippen LogP contribution >= 0.6 is 51.1 Å². The number of hydrogen-bond acceptors (Lipinski definition) is 9. The van der Waals surface area contributed by atoms with Crippen molar-refractivity contribution in [3.8, 4) is 11.5 Å². The molecule has 2 amide bonds. The van der Waals surface area contributed by atoms with Crippen LogP contribution in [0.4, 0.5) is 18.4 Å². The molecule has 0 radical (unpaired) electrons. The minimum Gasteiger partial charge on any atom is -0.407 e. The maximum Gasteiger partial charge on any atom is 0.414 e. The summed E-state index contributed by atoms with van der Waals surface area (Å²) in [5, 5.41) is 0. The van der Waals surface area contributed by atoms with E-state index in [1.165, 1.54) is 113 Å². The number of hydrogen-bond donors (Lipinski definition) is 0. The Bertz CT molecular complexity index is 945. The van der Waals surface area contributed by atoms with Crippen molar-refractivity contribution in [2.45, 2.75) is 23.6 Å². The van der Waals surface area contributed by atoms with Crippen LogP contribution in [-0.4, -0.2) is 50.2 Å². The van der Waals surface area contributed by atoms with Gasteiger partial charge in [-0.05, 0) is 100 Å². The Morgan fingerprint density at radius 2 is 1.06 bits per heavy atom. The van der Waals surface area contributed by atoms with E-state index in [4.69, 9.17) is 9.47 Å². The Labute approximate surface area is 210 Å². The Morgan fingerprint density at radius 1 is 0.697 bits per heavy atom. The molecule has 0 unspecified atom stereocenters. The summed E-state index contributed by atoms with van der Waals surface area (Å²) in [6, 6.07) is 5.65. The number of carbonyl (C=O) groups is 2. The minimum absolute atomic E-state index is 0.129. The van der Waals surface area contributed by atoms with E-state index in [0.717, 1.165) is 20.9 Å². The van der Waals surface area contributed by atoms with Gasteiger partial charge in [-0.15, -0.1) is 0 Å². The van der Waals surface area contributed by atoms with Crippen molar-refractivity contribution >= 4 is 63.3 Å². The van der Waals surface area contributed by atoms with Crippen LogP contribution in [0.1, 0.15) is 11.1 Å². The smallest absolute Gasteiger partial charge is 0.407 e. The molecule has 0 spiro atoms. The molecule has 0 N–H and O–H groups in total. The van der Waals surface area contributed by atoms with Gasteiger partial charge in [0.1, 0.15) is 0 Å². The quantitative estimate of drug-likeness (QED) is 0.245. The molecule has 2 aromatic carbocycles. The fourth-order valence-corrected chi connectivity index (χ4v) is 10.7. The van der Waals surface area contributed by atoms with Gasteiger partial charge in [0.05, 0.1) is 0 Å². The summed E-state index contributed by atoms with van der Waals surface area (Å²) in [5.41, 5.74) is 1.43. The highest BCUT2D eigenvalue weighted by molar-refractivity contribution is 9.35. The lowest BCUT2D eigenvalue weighted by Gasteiger charge is -2.13. The van der Waals surface area contributed by atoms with Gasteiger partial charge in [0, 0.05) is 38.0 Å². The zero-order valence-corrected chi connectivity index (χ0v) is 22.7. The molecule has 0 aliphatic heterocycles. The van der Waals surface area contributed by atoms with Crippen LogP contribution in [0.5, 0.6) is 11.5 Å². The number of aryl methyl sites for hydroxylation is 2. The first-order valence-electron chi connectivity index (χ1n) is 9.22. The Kier molecular flexibility index (Phi) is 10.9. The third-order valence-corrected chi connectivity index (χ3v) is 12.4. The molecule has 0 bridgehead atoms. The summed E-state index contributed by atoms with van der Waals surface area (Å²) in [7, 11) is 13.2. The normalized spacial score (nSPS) is 10.7. The van der Waals surface area contributed by atoms with E-state index in [1.54, 1.807) is 13.8 Å². The van der Waals surface area contributed by atoms with E-state index in [2.05, 4.69) is 0 Å². The number of halogens is 2. The second kappa shape index (κ2) is 12.9. The van der Waals surface area contributed by atoms with E-state index in [9.17, 15) is 18.4 Å². The van der Waals surface area contributed by atoms with E-state index in [1.807, 2.05) is 0 Å². The number of nitrogens with zero attached hydrogens (tertiary/aromatic N) is 2. The third-order valence-electron chi connectivity index (χ3n) is 3.89. The van der Waals surface area contributed by atoms with Crippen LogP contribution in [0.15, 0.2) is 34.1 Å². The first-order chi connectivity index (χ1) is 15.5. The largest absolute Gasteiger partial charge is 0.414 e. The highest BCUT2D eigenvalue weighted by Gasteiger charge is 2.16. The van der Waals surface area contributed by atoms with Gasteiger partial charge in [-0.2, -0.15) is 0 Å². The molecule has 0 saturated heterocycles. The molecule has 0 saturated carbocycles. The SMILES string of the molecule is Cc1cc(F)c(OC(=O)N(C)C)cc1SSSSSc1cc(OC(=O)N(C)C)c(F)cc1C. The molecule has 2 aromatic rings. The number of carbonyl (C=O) groups excluding carboxylic acids is 2. The van der Waals surface area contributed by atoms with Crippen molar-refractivity contribution in [3.05, 3.63) is 47.0 Å². The molecule has 2 rings (SSSR count). The average Bonchev–Trinajstić information content (AvgIpc) is 2.73. The van der Waals surface area contributed by atoms with E-state index < -0.39 is 23.8 Å². The number of amides is 2. The summed E-state index contributed by atoms with van der Waals surface area (Å²) >= 11 is 0. The van der Waals surface area contributed by atoms with Gasteiger partial charge < -0.3 is 19.3 Å². The van der Waals surface area contributed by atoms with Gasteiger partial charge in [-0.3, -0.25) is 0 Å². The molecule has 33 heavy (non-hydrogen) atoms. The number of benzene rings is 2. The van der Waals surface area contributed by atoms with Gasteiger partial charge in [0.15, 0.2) is 23.1 Å². The van der Waals surface area contributed by atoms with Gasteiger partial charge >= 0.3 is 12.2 Å². The average molecular weight is 553 g/mol. The van der Waals surface area contributed by atoms with E-state index in [0.29, 0.717) is 0 Å². The molecule has 0 atom stereocenters. The first kappa shape index (κ1) is 27.8. The molecule has 0 fully saturated rings. The van der Waals surface area contributed by atoms with Crippen molar-refractivity contribution in [1.29, 1.82) is 0 Å². The lowest BCUT2D eigenvalue weighted by atomic mass is 10.2. The zero-order chi connectivity index (χ0) is 24.7. The molecule has 0 aliphatic carbocycles. The predicted molar refractivity (Wildman–Crippen MR) is 136 cm³/mol. The molecule has 0 aromatic heterocycles. The second-order valence-electron chi connectivity index (χ2n) is 6.99. The van der Waals surface area contributed by atoms with Crippen LogP contribution in [-0.2, 0) is 0 Å². The molecule has 13 heteroatoms. The number of rotatable bonds is 8. The number of ether oxygens (including phenoxy) is 2. The maximum absolute atomic E-state index is 14.1. The molecule has 6 nitrogen and oxygen atoms in total. The third kappa shape index (κ3) is 8.39. The lowest BCUT2D eigenvalue weighted by molar-refractivity contribution is 0.169. The minimum atomic E-state index is -0.659. The van der Waals surface area contributed by atoms with Gasteiger partial charge in [-0.1, -0.05) is 0 Å². The topological polar surface area (TPSA) is 59.1 Å². The summed E-state index contributed by atoms with van der Waals surface area (Å²) in [4.78, 5) is 27.4. The van der Waals surface area contributed by atoms with Crippen molar-refractivity contribution in [3.63, 3.8) is 0 Å². The molecule has 0 aliphatic rings.